The molecule has 1 heterocycles. The van der Waals surface area contributed by atoms with Crippen molar-refractivity contribution in [2.75, 3.05) is 13.2 Å². The van der Waals surface area contributed by atoms with Crippen LogP contribution in [-0.2, 0) is 0 Å². The molecule has 1 aliphatic rings. The number of aromatic nitrogens is 2. The van der Waals surface area contributed by atoms with Gasteiger partial charge < -0.3 is 15.7 Å². The third kappa shape index (κ3) is 3.71. The predicted octanol–water partition coefficient (Wildman–Crippen LogP) is 2.00. The Morgan fingerprint density at radius 2 is 2.26 bits per heavy atom. The second kappa shape index (κ2) is 6.42. The number of benzene rings is 1. The van der Waals surface area contributed by atoms with Gasteiger partial charge in [0, 0.05) is 24.4 Å². The Bertz CT molecular complexity index is 665. The summed E-state index contributed by atoms with van der Waals surface area (Å²) >= 11 is 0. The maximum Gasteiger partial charge on any atom is 0.315 e. The van der Waals surface area contributed by atoms with Gasteiger partial charge in [0.2, 0.25) is 0 Å². The average molecular weight is 314 g/mol. The molecule has 2 aromatic rings. The monoisotopic (exact) mass is 314 g/mol. The SMILES string of the molecule is CC(NC(=O)NCC1(CO)CC1)c1cccc(-n2cccn2)c1. The van der Waals surface area contributed by atoms with E-state index in [0.717, 1.165) is 24.1 Å². The molecule has 1 aliphatic carbocycles. The second-order valence-corrected chi connectivity index (χ2v) is 6.25. The van der Waals surface area contributed by atoms with E-state index < -0.39 is 0 Å². The van der Waals surface area contributed by atoms with Crippen molar-refractivity contribution in [3.8, 4) is 5.69 Å². The van der Waals surface area contributed by atoms with Gasteiger partial charge in [-0.25, -0.2) is 9.48 Å². The van der Waals surface area contributed by atoms with Gasteiger partial charge in [-0.1, -0.05) is 12.1 Å². The first-order valence-electron chi connectivity index (χ1n) is 7.87. The summed E-state index contributed by atoms with van der Waals surface area (Å²) in [6.45, 7) is 2.60. The molecule has 6 heteroatoms. The number of hydrogen-bond donors (Lipinski definition) is 3. The molecule has 6 nitrogen and oxygen atoms in total. The van der Waals surface area contributed by atoms with Crippen LogP contribution in [0.2, 0.25) is 0 Å². The molecular formula is C17H22N4O2. The normalized spacial score (nSPS) is 16.6. The number of carbonyl (C=O) groups excluding carboxylic acids is 1. The number of nitrogens with one attached hydrogen (secondary N) is 2. The van der Waals surface area contributed by atoms with E-state index in [1.54, 1.807) is 10.9 Å². The summed E-state index contributed by atoms with van der Waals surface area (Å²) in [5.41, 5.74) is 1.89. The van der Waals surface area contributed by atoms with Crippen LogP contribution in [0.1, 0.15) is 31.4 Å². The molecule has 3 N–H and O–H groups in total. The van der Waals surface area contributed by atoms with Crippen molar-refractivity contribution < 1.29 is 9.90 Å². The summed E-state index contributed by atoms with van der Waals surface area (Å²) in [6.07, 6.45) is 5.57. The highest BCUT2D eigenvalue weighted by Gasteiger charge is 2.42. The van der Waals surface area contributed by atoms with Crippen LogP contribution in [0.25, 0.3) is 5.69 Å². The zero-order chi connectivity index (χ0) is 16.3. The number of rotatable bonds is 6. The van der Waals surface area contributed by atoms with Crippen LogP contribution in [0, 0.1) is 5.41 Å². The number of amides is 2. The van der Waals surface area contributed by atoms with E-state index in [1.165, 1.54) is 0 Å². The van der Waals surface area contributed by atoms with Crippen molar-refractivity contribution in [3.05, 3.63) is 48.3 Å². The third-order valence-corrected chi connectivity index (χ3v) is 4.40. The first-order valence-corrected chi connectivity index (χ1v) is 7.87. The van der Waals surface area contributed by atoms with Crippen LogP contribution in [0.3, 0.4) is 0 Å². The molecule has 1 atom stereocenters. The lowest BCUT2D eigenvalue weighted by Crippen LogP contribution is -2.40. The minimum Gasteiger partial charge on any atom is -0.396 e. The Balaban J connectivity index is 1.58. The summed E-state index contributed by atoms with van der Waals surface area (Å²) in [5, 5.41) is 19.3. The molecule has 0 saturated heterocycles. The average Bonchev–Trinajstić information content (AvgIpc) is 3.15. The van der Waals surface area contributed by atoms with Gasteiger partial charge in [-0.3, -0.25) is 0 Å². The molecule has 1 unspecified atom stereocenters. The van der Waals surface area contributed by atoms with Crippen molar-refractivity contribution in [2.24, 2.45) is 5.41 Å². The van der Waals surface area contributed by atoms with Gasteiger partial charge in [0.05, 0.1) is 18.3 Å². The molecular weight excluding hydrogens is 292 g/mol. The molecule has 0 radical (unpaired) electrons. The van der Waals surface area contributed by atoms with Gasteiger partial charge in [0.1, 0.15) is 0 Å². The summed E-state index contributed by atoms with van der Waals surface area (Å²) < 4.78 is 1.79. The molecule has 1 aromatic carbocycles. The largest absolute Gasteiger partial charge is 0.396 e. The Labute approximate surface area is 135 Å². The lowest BCUT2D eigenvalue weighted by atomic mass is 10.1. The van der Waals surface area contributed by atoms with E-state index in [1.807, 2.05) is 43.5 Å². The van der Waals surface area contributed by atoms with E-state index in [4.69, 9.17) is 0 Å². The Morgan fingerprint density at radius 1 is 1.43 bits per heavy atom. The molecule has 0 aliphatic heterocycles. The predicted molar refractivity (Wildman–Crippen MR) is 87.3 cm³/mol. The summed E-state index contributed by atoms with van der Waals surface area (Å²) in [4.78, 5) is 12.0. The first kappa shape index (κ1) is 15.6. The number of aliphatic hydroxyl groups excluding tert-OH is 1. The number of nitrogens with zero attached hydrogens (tertiary/aromatic N) is 2. The van der Waals surface area contributed by atoms with Crippen molar-refractivity contribution in [1.82, 2.24) is 20.4 Å². The molecule has 0 spiro atoms. The number of carbonyl (C=O) groups is 1. The molecule has 2 amide bonds. The quantitative estimate of drug-likeness (QED) is 0.763. The molecule has 0 bridgehead atoms. The third-order valence-electron chi connectivity index (χ3n) is 4.40. The molecule has 3 rings (SSSR count). The second-order valence-electron chi connectivity index (χ2n) is 6.25. The van der Waals surface area contributed by atoms with Gasteiger partial charge in [0.25, 0.3) is 0 Å². The van der Waals surface area contributed by atoms with Gasteiger partial charge in [-0.15, -0.1) is 0 Å². The lowest BCUT2D eigenvalue weighted by molar-refractivity contribution is 0.202. The standard InChI is InChI=1S/C17H22N4O2/c1-13(20-16(23)18-11-17(12-22)6-7-17)14-4-2-5-15(10-14)21-9-3-8-19-21/h2-5,8-10,13,22H,6-7,11-12H2,1H3,(H2,18,20,23). The van der Waals surface area contributed by atoms with E-state index >= 15 is 0 Å². The van der Waals surface area contributed by atoms with Crippen LogP contribution >= 0.6 is 0 Å². The smallest absolute Gasteiger partial charge is 0.315 e. The van der Waals surface area contributed by atoms with E-state index in [2.05, 4.69) is 15.7 Å². The van der Waals surface area contributed by atoms with Gasteiger partial charge in [-0.05, 0) is 43.5 Å². The van der Waals surface area contributed by atoms with Gasteiger partial charge in [0.15, 0.2) is 0 Å². The van der Waals surface area contributed by atoms with Crippen LogP contribution < -0.4 is 10.6 Å². The topological polar surface area (TPSA) is 79.2 Å². The Morgan fingerprint density at radius 3 is 2.91 bits per heavy atom. The highest BCUT2D eigenvalue weighted by molar-refractivity contribution is 5.74. The van der Waals surface area contributed by atoms with Crippen LogP contribution in [0.5, 0.6) is 0 Å². The fourth-order valence-corrected chi connectivity index (χ4v) is 2.52. The lowest BCUT2D eigenvalue weighted by Gasteiger charge is -2.18. The minimum atomic E-state index is -0.207. The molecule has 1 saturated carbocycles. The Hall–Kier alpha value is -2.34. The Kier molecular flexibility index (Phi) is 4.34. The molecule has 23 heavy (non-hydrogen) atoms. The highest BCUT2D eigenvalue weighted by atomic mass is 16.3. The van der Waals surface area contributed by atoms with Gasteiger partial charge >= 0.3 is 6.03 Å². The maximum absolute atomic E-state index is 12.0. The molecule has 1 aromatic heterocycles. The van der Waals surface area contributed by atoms with E-state index in [-0.39, 0.29) is 24.1 Å². The zero-order valence-corrected chi connectivity index (χ0v) is 13.2. The van der Waals surface area contributed by atoms with Crippen LogP contribution in [0.4, 0.5) is 4.79 Å². The van der Waals surface area contributed by atoms with Crippen LogP contribution in [-0.4, -0.2) is 34.1 Å². The highest BCUT2D eigenvalue weighted by Crippen LogP contribution is 2.44. The summed E-state index contributed by atoms with van der Waals surface area (Å²) in [5.74, 6) is 0. The first-order chi connectivity index (χ1) is 11.1. The fourth-order valence-electron chi connectivity index (χ4n) is 2.52. The van der Waals surface area contributed by atoms with Crippen molar-refractivity contribution in [3.63, 3.8) is 0 Å². The van der Waals surface area contributed by atoms with Crippen LogP contribution in [0.15, 0.2) is 42.7 Å². The van der Waals surface area contributed by atoms with Gasteiger partial charge in [-0.2, -0.15) is 5.10 Å². The molecule has 1 fully saturated rings. The number of hydrogen-bond acceptors (Lipinski definition) is 3. The number of urea groups is 1. The van der Waals surface area contributed by atoms with E-state index in [0.29, 0.717) is 6.54 Å². The maximum atomic E-state index is 12.0. The van der Waals surface area contributed by atoms with Crippen molar-refractivity contribution in [1.29, 1.82) is 0 Å². The summed E-state index contributed by atoms with van der Waals surface area (Å²) in [6, 6.07) is 9.46. The number of aliphatic hydroxyl groups is 1. The van der Waals surface area contributed by atoms with E-state index in [9.17, 15) is 9.90 Å². The van der Waals surface area contributed by atoms with Crippen molar-refractivity contribution in [2.45, 2.75) is 25.8 Å². The fraction of sp³-hybridized carbons (Fsp3) is 0.412. The zero-order valence-electron chi connectivity index (χ0n) is 13.2. The summed E-state index contributed by atoms with van der Waals surface area (Å²) in [7, 11) is 0. The minimum absolute atomic E-state index is 0.0828. The molecule has 122 valence electrons. The van der Waals surface area contributed by atoms with Crippen molar-refractivity contribution >= 4 is 6.03 Å².